The molecule has 2 aromatic heterocycles. The van der Waals surface area contributed by atoms with Crippen LogP contribution in [0.2, 0.25) is 0 Å². The van der Waals surface area contributed by atoms with Gasteiger partial charge >= 0.3 is 0 Å². The van der Waals surface area contributed by atoms with Gasteiger partial charge in [0, 0.05) is 36.8 Å². The Balaban J connectivity index is 0.00000208. The van der Waals surface area contributed by atoms with E-state index in [1.165, 1.54) is 11.3 Å². The number of likely N-dealkylation sites (tertiary alicyclic amines) is 1. The fourth-order valence-corrected chi connectivity index (χ4v) is 3.22. The summed E-state index contributed by atoms with van der Waals surface area (Å²) in [6, 6.07) is 2.02. The molecule has 0 unspecified atom stereocenters. The average molecular weight is 350 g/mol. The van der Waals surface area contributed by atoms with Gasteiger partial charge in [0.15, 0.2) is 0 Å². The number of hydrogen-bond donors (Lipinski definition) is 0. The van der Waals surface area contributed by atoms with Crippen molar-refractivity contribution < 1.29 is 9.53 Å². The van der Waals surface area contributed by atoms with Gasteiger partial charge in [0.1, 0.15) is 12.1 Å². The standard InChI is InChI=1S/C18H23N3O2.ClH/c1-4-9-21-14(3)13(2)15-7-8-19-18(17(15)21)23-12-11-20-10-5-6-16(20)22;/h4,7-8H,1,5-6,9-12H2,2-3H3;1H. The van der Waals surface area contributed by atoms with Crippen LogP contribution in [0.3, 0.4) is 0 Å². The second-order valence-corrected chi connectivity index (χ2v) is 5.95. The lowest BCUT2D eigenvalue weighted by Crippen LogP contribution is -2.29. The van der Waals surface area contributed by atoms with Crippen molar-refractivity contribution in [2.75, 3.05) is 19.7 Å². The van der Waals surface area contributed by atoms with E-state index in [1.54, 1.807) is 6.20 Å². The van der Waals surface area contributed by atoms with Crippen molar-refractivity contribution in [2.24, 2.45) is 0 Å². The first kappa shape index (κ1) is 18.3. The normalized spacial score (nSPS) is 14.1. The van der Waals surface area contributed by atoms with Gasteiger partial charge in [-0.2, -0.15) is 0 Å². The smallest absolute Gasteiger partial charge is 0.238 e. The van der Waals surface area contributed by atoms with Gasteiger partial charge in [0.2, 0.25) is 11.8 Å². The van der Waals surface area contributed by atoms with Crippen molar-refractivity contribution in [1.29, 1.82) is 0 Å². The molecule has 0 bridgehead atoms. The highest BCUT2D eigenvalue weighted by Crippen LogP contribution is 2.30. The molecule has 1 saturated heterocycles. The highest BCUT2D eigenvalue weighted by atomic mass is 35.5. The third-order valence-electron chi connectivity index (χ3n) is 4.60. The minimum Gasteiger partial charge on any atom is -0.474 e. The highest BCUT2D eigenvalue weighted by molar-refractivity contribution is 5.89. The number of aryl methyl sites for hydroxylation is 1. The quantitative estimate of drug-likeness (QED) is 0.752. The molecule has 0 radical (unpaired) electrons. The number of carbonyl (C=O) groups is 1. The molecule has 1 aliphatic rings. The number of hydrogen-bond acceptors (Lipinski definition) is 3. The first-order valence-corrected chi connectivity index (χ1v) is 8.09. The maximum absolute atomic E-state index is 11.7. The van der Waals surface area contributed by atoms with E-state index >= 15 is 0 Å². The molecule has 3 heterocycles. The first-order valence-electron chi connectivity index (χ1n) is 8.09. The molecule has 130 valence electrons. The van der Waals surface area contributed by atoms with Crippen molar-refractivity contribution in [3.05, 3.63) is 36.2 Å². The molecule has 0 spiro atoms. The zero-order valence-electron chi connectivity index (χ0n) is 14.2. The second-order valence-electron chi connectivity index (χ2n) is 5.95. The molecule has 0 aromatic carbocycles. The Bertz CT molecular complexity index is 754. The average Bonchev–Trinajstić information content (AvgIpc) is 3.06. The summed E-state index contributed by atoms with van der Waals surface area (Å²) < 4.78 is 8.11. The predicted molar refractivity (Wildman–Crippen MR) is 98.0 cm³/mol. The van der Waals surface area contributed by atoms with Gasteiger partial charge in [-0.05, 0) is 31.9 Å². The van der Waals surface area contributed by atoms with E-state index < -0.39 is 0 Å². The van der Waals surface area contributed by atoms with Gasteiger partial charge in [-0.25, -0.2) is 4.98 Å². The van der Waals surface area contributed by atoms with E-state index in [0.29, 0.717) is 25.5 Å². The van der Waals surface area contributed by atoms with Gasteiger partial charge < -0.3 is 14.2 Å². The number of halogens is 1. The van der Waals surface area contributed by atoms with Crippen molar-refractivity contribution >= 4 is 29.2 Å². The Morgan fingerprint density at radius 3 is 2.88 bits per heavy atom. The van der Waals surface area contributed by atoms with Crippen LogP contribution in [0.25, 0.3) is 10.9 Å². The number of ether oxygens (including phenoxy) is 1. The van der Waals surface area contributed by atoms with Gasteiger partial charge in [-0.15, -0.1) is 19.0 Å². The molecule has 24 heavy (non-hydrogen) atoms. The van der Waals surface area contributed by atoms with E-state index in [1.807, 2.05) is 17.0 Å². The Labute approximate surface area is 148 Å². The van der Waals surface area contributed by atoms with Crippen LogP contribution in [0.15, 0.2) is 24.9 Å². The van der Waals surface area contributed by atoms with Crippen LogP contribution in [0.4, 0.5) is 0 Å². The number of allylic oxidation sites excluding steroid dienone is 1. The predicted octanol–water partition coefficient (Wildman–Crippen LogP) is 3.26. The van der Waals surface area contributed by atoms with E-state index in [-0.39, 0.29) is 18.3 Å². The maximum atomic E-state index is 11.7. The fraction of sp³-hybridized carbons (Fsp3) is 0.444. The van der Waals surface area contributed by atoms with Crippen LogP contribution in [0.5, 0.6) is 5.88 Å². The second kappa shape index (κ2) is 7.71. The topological polar surface area (TPSA) is 47.4 Å². The van der Waals surface area contributed by atoms with E-state index in [4.69, 9.17) is 4.74 Å². The van der Waals surface area contributed by atoms with Gasteiger partial charge in [-0.1, -0.05) is 6.08 Å². The number of carbonyl (C=O) groups excluding carboxylic acids is 1. The Kier molecular flexibility index (Phi) is 5.89. The molecule has 5 nitrogen and oxygen atoms in total. The summed E-state index contributed by atoms with van der Waals surface area (Å²) in [7, 11) is 0. The van der Waals surface area contributed by atoms with Gasteiger partial charge in [0.25, 0.3) is 0 Å². The lowest BCUT2D eigenvalue weighted by atomic mass is 10.2. The summed E-state index contributed by atoms with van der Waals surface area (Å²) in [5.41, 5.74) is 3.45. The molecule has 1 fully saturated rings. The Morgan fingerprint density at radius 2 is 2.21 bits per heavy atom. The van der Waals surface area contributed by atoms with Gasteiger partial charge in [0.05, 0.1) is 6.54 Å². The van der Waals surface area contributed by atoms with E-state index in [2.05, 4.69) is 30.0 Å². The van der Waals surface area contributed by atoms with Crippen LogP contribution < -0.4 is 4.74 Å². The summed E-state index contributed by atoms with van der Waals surface area (Å²) in [5.74, 6) is 0.855. The maximum Gasteiger partial charge on any atom is 0.238 e. The highest BCUT2D eigenvalue weighted by Gasteiger charge is 2.20. The third kappa shape index (κ3) is 3.26. The molecule has 2 aromatic rings. The number of amides is 1. The number of aromatic nitrogens is 2. The lowest BCUT2D eigenvalue weighted by Gasteiger charge is -2.16. The fourth-order valence-electron chi connectivity index (χ4n) is 3.22. The molecule has 1 aliphatic heterocycles. The van der Waals surface area contributed by atoms with Crippen molar-refractivity contribution in [3.8, 4) is 5.88 Å². The van der Waals surface area contributed by atoms with E-state index in [0.717, 1.165) is 30.4 Å². The molecule has 6 heteroatoms. The van der Waals surface area contributed by atoms with E-state index in [9.17, 15) is 4.79 Å². The third-order valence-corrected chi connectivity index (χ3v) is 4.60. The van der Waals surface area contributed by atoms with Crippen molar-refractivity contribution in [1.82, 2.24) is 14.5 Å². The minimum atomic E-state index is 0. The van der Waals surface area contributed by atoms with Crippen LogP contribution in [0.1, 0.15) is 24.1 Å². The van der Waals surface area contributed by atoms with Crippen LogP contribution in [-0.2, 0) is 11.3 Å². The number of pyridine rings is 1. The van der Waals surface area contributed by atoms with Crippen LogP contribution in [0, 0.1) is 13.8 Å². The zero-order chi connectivity index (χ0) is 16.4. The summed E-state index contributed by atoms with van der Waals surface area (Å²) in [5, 5.41) is 1.16. The Morgan fingerprint density at radius 1 is 1.42 bits per heavy atom. The molecular weight excluding hydrogens is 326 g/mol. The van der Waals surface area contributed by atoms with Crippen molar-refractivity contribution in [3.63, 3.8) is 0 Å². The summed E-state index contributed by atoms with van der Waals surface area (Å²) in [6.07, 6.45) is 5.27. The summed E-state index contributed by atoms with van der Waals surface area (Å²) in [6.45, 7) is 10.7. The molecule has 3 rings (SSSR count). The molecule has 0 saturated carbocycles. The number of fused-ring (bicyclic) bond motifs is 1. The molecule has 1 amide bonds. The lowest BCUT2D eigenvalue weighted by molar-refractivity contribution is -0.128. The monoisotopic (exact) mass is 349 g/mol. The van der Waals surface area contributed by atoms with Crippen LogP contribution in [-0.4, -0.2) is 40.1 Å². The summed E-state index contributed by atoms with van der Waals surface area (Å²) in [4.78, 5) is 17.9. The van der Waals surface area contributed by atoms with Crippen molar-refractivity contribution in [2.45, 2.75) is 33.2 Å². The van der Waals surface area contributed by atoms with Crippen LogP contribution >= 0.6 is 12.4 Å². The largest absolute Gasteiger partial charge is 0.474 e. The number of rotatable bonds is 6. The molecule has 0 aliphatic carbocycles. The number of nitrogens with zero attached hydrogens (tertiary/aromatic N) is 3. The zero-order valence-corrected chi connectivity index (χ0v) is 15.1. The Hall–Kier alpha value is -2.01. The molecule has 0 N–H and O–H groups in total. The van der Waals surface area contributed by atoms with Gasteiger partial charge in [-0.3, -0.25) is 4.79 Å². The summed E-state index contributed by atoms with van der Waals surface area (Å²) >= 11 is 0. The molecular formula is C18H24ClN3O2. The first-order chi connectivity index (χ1) is 11.1. The SMILES string of the molecule is C=CCn1c(C)c(C)c2ccnc(OCCN3CCCC3=O)c21.Cl. The molecule has 0 atom stereocenters. The minimum absolute atomic E-state index is 0.